The van der Waals surface area contributed by atoms with Crippen LogP contribution < -0.4 is 0 Å². The molecule has 0 aliphatic heterocycles. The summed E-state index contributed by atoms with van der Waals surface area (Å²) in [7, 11) is 0. The quantitative estimate of drug-likeness (QED) is 0.212. The molecule has 39 heavy (non-hydrogen) atoms. The van der Waals surface area contributed by atoms with Gasteiger partial charge in [-0.3, -0.25) is 0 Å². The lowest BCUT2D eigenvalue weighted by Gasteiger charge is -2.09. The molecule has 0 saturated heterocycles. The average molecular weight is 568 g/mol. The van der Waals surface area contributed by atoms with Crippen molar-refractivity contribution in [1.29, 1.82) is 0 Å². The number of aromatic nitrogens is 3. The minimum Gasteiger partial charge on any atom is -0.456 e. The second kappa shape index (κ2) is 8.61. The van der Waals surface area contributed by atoms with Gasteiger partial charge in [0.1, 0.15) is 22.3 Å². The first kappa shape index (κ1) is 22.2. The second-order valence-corrected chi connectivity index (χ2v) is 10.4. The number of halogens is 1. The van der Waals surface area contributed by atoms with Gasteiger partial charge in [0.15, 0.2) is 17.5 Å². The summed E-state index contributed by atoms with van der Waals surface area (Å²) in [6.07, 6.45) is 0. The zero-order valence-electron chi connectivity index (χ0n) is 20.4. The van der Waals surface area contributed by atoms with Crippen LogP contribution in [0.5, 0.6) is 0 Å². The first-order valence-corrected chi connectivity index (χ1v) is 13.3. The molecule has 0 amide bonds. The van der Waals surface area contributed by atoms with Crippen molar-refractivity contribution in [3.63, 3.8) is 0 Å². The van der Waals surface area contributed by atoms with Crippen LogP contribution in [0.4, 0.5) is 0 Å². The van der Waals surface area contributed by atoms with Crippen molar-refractivity contribution in [3.8, 4) is 34.2 Å². The summed E-state index contributed by atoms with van der Waals surface area (Å²) in [5.74, 6) is 1.80. The Kier molecular flexibility index (Phi) is 4.90. The first-order valence-electron chi connectivity index (χ1n) is 12.5. The van der Waals surface area contributed by atoms with Crippen LogP contribution in [0, 0.1) is 0 Å². The Labute approximate surface area is 230 Å². The molecule has 8 rings (SSSR count). The highest BCUT2D eigenvalue weighted by molar-refractivity contribution is 9.10. The number of fused-ring (bicyclic) bond motifs is 6. The van der Waals surface area contributed by atoms with Crippen LogP contribution in [0.3, 0.4) is 0 Å². The highest BCUT2D eigenvalue weighted by Gasteiger charge is 2.16. The van der Waals surface area contributed by atoms with Crippen LogP contribution in [0.1, 0.15) is 0 Å². The van der Waals surface area contributed by atoms with Gasteiger partial charge in [-0.1, -0.05) is 64.5 Å². The van der Waals surface area contributed by atoms with Crippen LogP contribution in [0.15, 0.2) is 123 Å². The van der Waals surface area contributed by atoms with Crippen LogP contribution in [-0.2, 0) is 0 Å². The summed E-state index contributed by atoms with van der Waals surface area (Å²) in [5, 5.41) is 4.18. The fourth-order valence-electron chi connectivity index (χ4n) is 5.12. The van der Waals surface area contributed by atoms with E-state index in [0.29, 0.717) is 17.5 Å². The number of nitrogens with zero attached hydrogens (tertiary/aromatic N) is 3. The van der Waals surface area contributed by atoms with Crippen molar-refractivity contribution in [1.82, 2.24) is 15.0 Å². The normalized spacial score (nSPS) is 11.7. The van der Waals surface area contributed by atoms with Gasteiger partial charge in [-0.15, -0.1) is 0 Å². The first-order chi connectivity index (χ1) is 19.2. The van der Waals surface area contributed by atoms with Crippen LogP contribution in [0.2, 0.25) is 0 Å². The Morgan fingerprint density at radius 2 is 0.872 bits per heavy atom. The van der Waals surface area contributed by atoms with Gasteiger partial charge in [0.25, 0.3) is 0 Å². The lowest BCUT2D eigenvalue weighted by molar-refractivity contribution is 0.668. The summed E-state index contributed by atoms with van der Waals surface area (Å²) in [4.78, 5) is 14.8. The number of hydrogen-bond acceptors (Lipinski definition) is 5. The van der Waals surface area contributed by atoms with Gasteiger partial charge in [-0.2, -0.15) is 0 Å². The highest BCUT2D eigenvalue weighted by Crippen LogP contribution is 2.35. The van der Waals surface area contributed by atoms with E-state index < -0.39 is 0 Å². The zero-order valence-corrected chi connectivity index (χ0v) is 22.0. The topological polar surface area (TPSA) is 65.0 Å². The largest absolute Gasteiger partial charge is 0.456 e. The van der Waals surface area contributed by atoms with Crippen molar-refractivity contribution in [2.24, 2.45) is 0 Å². The maximum Gasteiger partial charge on any atom is 0.164 e. The van der Waals surface area contributed by atoms with E-state index in [2.05, 4.69) is 40.2 Å². The number of hydrogen-bond donors (Lipinski definition) is 0. The summed E-state index contributed by atoms with van der Waals surface area (Å²) in [6, 6.07) is 36.3. The molecule has 0 spiro atoms. The predicted molar refractivity (Wildman–Crippen MR) is 158 cm³/mol. The Bertz CT molecular complexity index is 2080. The molecule has 0 saturated carbocycles. The fraction of sp³-hybridized carbons (Fsp3) is 0. The number of furan rings is 2. The summed E-state index contributed by atoms with van der Waals surface area (Å²) < 4.78 is 13.0. The van der Waals surface area contributed by atoms with Crippen LogP contribution >= 0.6 is 15.9 Å². The van der Waals surface area contributed by atoms with E-state index in [1.165, 1.54) is 0 Å². The van der Waals surface area contributed by atoms with Gasteiger partial charge in [-0.25, -0.2) is 15.0 Å². The number of para-hydroxylation sites is 2. The molecule has 0 N–H and O–H groups in total. The molecule has 0 radical (unpaired) electrons. The third-order valence-electron chi connectivity index (χ3n) is 6.99. The fourth-order valence-corrected chi connectivity index (χ4v) is 5.52. The molecular weight excluding hydrogens is 550 g/mol. The SMILES string of the molecule is Brc1cccc(-c2nc(-c3ccc4oc5ccccc5c4c3)nc(-c3ccc4oc5ccccc5c4c3)n2)c1. The van der Waals surface area contributed by atoms with Gasteiger partial charge in [0, 0.05) is 42.7 Å². The third kappa shape index (κ3) is 3.72. The Hall–Kier alpha value is -4.81. The molecule has 0 fully saturated rings. The van der Waals surface area contributed by atoms with Crippen molar-refractivity contribution in [3.05, 3.63) is 114 Å². The van der Waals surface area contributed by atoms with Crippen LogP contribution in [0.25, 0.3) is 78.0 Å². The van der Waals surface area contributed by atoms with E-state index >= 15 is 0 Å². The predicted octanol–water partition coefficient (Wildman–Crippen LogP) is 9.43. The zero-order chi connectivity index (χ0) is 25.9. The molecule has 0 aliphatic carbocycles. The summed E-state index contributed by atoms with van der Waals surface area (Å²) >= 11 is 3.59. The number of rotatable bonds is 3. The standard InChI is InChI=1S/C33H18BrN3O2/c34-22-7-5-6-19(16-22)31-35-32(20-12-14-29-25(17-20)23-8-1-3-10-27(23)38-29)37-33(36-31)21-13-15-30-26(18-21)24-9-2-4-11-28(24)39-30/h1-18H. The molecule has 0 atom stereocenters. The molecule has 5 aromatic carbocycles. The molecule has 5 nitrogen and oxygen atoms in total. The smallest absolute Gasteiger partial charge is 0.164 e. The van der Waals surface area contributed by atoms with Gasteiger partial charge >= 0.3 is 0 Å². The van der Waals surface area contributed by atoms with Crippen molar-refractivity contribution >= 4 is 59.8 Å². The lowest BCUT2D eigenvalue weighted by Crippen LogP contribution is -2.00. The van der Waals surface area contributed by atoms with Crippen molar-refractivity contribution < 1.29 is 8.83 Å². The molecule has 3 heterocycles. The molecule has 0 bridgehead atoms. The Morgan fingerprint density at radius 3 is 1.38 bits per heavy atom. The Balaban J connectivity index is 1.36. The van der Waals surface area contributed by atoms with Crippen molar-refractivity contribution in [2.75, 3.05) is 0 Å². The van der Waals surface area contributed by atoms with Gasteiger partial charge in [-0.05, 0) is 60.7 Å². The van der Waals surface area contributed by atoms with Gasteiger partial charge in [0.2, 0.25) is 0 Å². The van der Waals surface area contributed by atoms with E-state index in [1.807, 2.05) is 84.9 Å². The molecule has 3 aromatic heterocycles. The van der Waals surface area contributed by atoms with E-state index in [-0.39, 0.29) is 0 Å². The Morgan fingerprint density at radius 1 is 0.410 bits per heavy atom. The second-order valence-electron chi connectivity index (χ2n) is 9.43. The van der Waals surface area contributed by atoms with E-state index in [1.54, 1.807) is 0 Å². The molecule has 0 aliphatic rings. The van der Waals surface area contributed by atoms with Gasteiger partial charge < -0.3 is 8.83 Å². The summed E-state index contributed by atoms with van der Waals surface area (Å²) in [6.45, 7) is 0. The molecule has 184 valence electrons. The van der Waals surface area contributed by atoms with Crippen molar-refractivity contribution in [2.45, 2.75) is 0 Å². The van der Waals surface area contributed by atoms with Crippen LogP contribution in [-0.4, -0.2) is 15.0 Å². The van der Waals surface area contributed by atoms with Gasteiger partial charge in [0.05, 0.1) is 0 Å². The molecular formula is C33H18BrN3O2. The molecule has 6 heteroatoms. The average Bonchev–Trinajstić information content (AvgIpc) is 3.54. The maximum absolute atomic E-state index is 6.04. The third-order valence-corrected chi connectivity index (χ3v) is 7.48. The lowest BCUT2D eigenvalue weighted by atomic mass is 10.1. The minimum absolute atomic E-state index is 0.597. The minimum atomic E-state index is 0.597. The van der Waals surface area contributed by atoms with E-state index in [4.69, 9.17) is 23.8 Å². The number of benzene rings is 5. The van der Waals surface area contributed by atoms with E-state index in [9.17, 15) is 0 Å². The van der Waals surface area contributed by atoms with E-state index in [0.717, 1.165) is 65.0 Å². The summed E-state index contributed by atoms with van der Waals surface area (Å²) in [5.41, 5.74) is 6.07. The highest BCUT2D eigenvalue weighted by atomic mass is 79.9. The molecule has 8 aromatic rings. The molecule has 0 unspecified atom stereocenters. The monoisotopic (exact) mass is 567 g/mol. The maximum atomic E-state index is 6.04.